The Bertz CT molecular complexity index is 600. The van der Waals surface area contributed by atoms with E-state index in [1.54, 1.807) is 6.08 Å². The second kappa shape index (κ2) is 5.93. The van der Waals surface area contributed by atoms with Crippen LogP contribution < -0.4 is 15.8 Å². The number of nitrogens with one attached hydrogen (secondary N) is 1. The molecule has 3 heterocycles. The van der Waals surface area contributed by atoms with Crippen LogP contribution in [0.3, 0.4) is 0 Å². The van der Waals surface area contributed by atoms with Crippen LogP contribution in [-0.2, 0) is 6.54 Å². The third kappa shape index (κ3) is 2.44. The molecule has 5 nitrogen and oxygen atoms in total. The number of hydrogen-bond acceptors (Lipinski definition) is 4. The van der Waals surface area contributed by atoms with Gasteiger partial charge in [-0.25, -0.2) is 4.68 Å². The van der Waals surface area contributed by atoms with Gasteiger partial charge in [0.25, 0.3) is 5.56 Å². The lowest BCUT2D eigenvalue weighted by Crippen LogP contribution is -2.37. The fourth-order valence-corrected chi connectivity index (χ4v) is 4.27. The van der Waals surface area contributed by atoms with Gasteiger partial charge < -0.3 is 10.2 Å². The summed E-state index contributed by atoms with van der Waals surface area (Å²) in [4.78, 5) is 14.7. The first kappa shape index (κ1) is 14.8. The van der Waals surface area contributed by atoms with Crippen molar-refractivity contribution in [1.29, 1.82) is 0 Å². The number of anilines is 1. The van der Waals surface area contributed by atoms with E-state index >= 15 is 0 Å². The number of fused-ring (bicyclic) bond motifs is 1. The fourth-order valence-electron chi connectivity index (χ4n) is 3.73. The van der Waals surface area contributed by atoms with E-state index in [0.29, 0.717) is 28.9 Å². The zero-order chi connectivity index (χ0) is 15.0. The van der Waals surface area contributed by atoms with Gasteiger partial charge in [-0.15, -0.1) is 6.58 Å². The highest BCUT2D eigenvalue weighted by Crippen LogP contribution is 2.38. The van der Waals surface area contributed by atoms with Crippen LogP contribution in [0.4, 0.5) is 5.69 Å². The van der Waals surface area contributed by atoms with Crippen LogP contribution in [0.15, 0.2) is 28.1 Å². The molecule has 1 N–H and O–H groups in total. The maximum atomic E-state index is 12.3. The van der Waals surface area contributed by atoms with Gasteiger partial charge >= 0.3 is 0 Å². The maximum absolute atomic E-state index is 12.3. The molecule has 0 bridgehead atoms. The third-order valence-corrected chi connectivity index (χ3v) is 5.46. The molecule has 3 atom stereocenters. The quantitative estimate of drug-likeness (QED) is 0.836. The monoisotopic (exact) mass is 352 g/mol. The Morgan fingerprint density at radius 2 is 2.38 bits per heavy atom. The van der Waals surface area contributed by atoms with Gasteiger partial charge in [-0.1, -0.05) is 13.0 Å². The highest BCUT2D eigenvalue weighted by atomic mass is 79.9. The van der Waals surface area contributed by atoms with Gasteiger partial charge in [0.2, 0.25) is 0 Å². The summed E-state index contributed by atoms with van der Waals surface area (Å²) in [5, 5.41) is 7.76. The molecule has 0 aromatic carbocycles. The van der Waals surface area contributed by atoms with Crippen LogP contribution in [0.5, 0.6) is 0 Å². The van der Waals surface area contributed by atoms with Gasteiger partial charge in [0, 0.05) is 25.7 Å². The number of aromatic nitrogens is 2. The Kier molecular flexibility index (Phi) is 4.17. The zero-order valence-corrected chi connectivity index (χ0v) is 13.8. The van der Waals surface area contributed by atoms with E-state index in [-0.39, 0.29) is 5.56 Å². The van der Waals surface area contributed by atoms with Crippen LogP contribution in [-0.4, -0.2) is 35.5 Å². The first-order chi connectivity index (χ1) is 10.2. The molecule has 2 saturated heterocycles. The van der Waals surface area contributed by atoms with Crippen LogP contribution in [0.2, 0.25) is 0 Å². The molecule has 2 fully saturated rings. The Labute approximate surface area is 133 Å². The highest BCUT2D eigenvalue weighted by Gasteiger charge is 2.43. The van der Waals surface area contributed by atoms with Gasteiger partial charge in [0.15, 0.2) is 0 Å². The summed E-state index contributed by atoms with van der Waals surface area (Å²) in [5.41, 5.74) is 0.846. The van der Waals surface area contributed by atoms with Crippen molar-refractivity contribution in [3.8, 4) is 0 Å². The predicted molar refractivity (Wildman–Crippen MR) is 87.7 cm³/mol. The lowest BCUT2D eigenvalue weighted by molar-refractivity contribution is 0.441. The van der Waals surface area contributed by atoms with Crippen molar-refractivity contribution >= 4 is 21.6 Å². The molecule has 1 aromatic rings. The molecular weight excluding hydrogens is 332 g/mol. The normalized spacial score (nSPS) is 27.9. The predicted octanol–water partition coefficient (Wildman–Crippen LogP) is 1.63. The van der Waals surface area contributed by atoms with Crippen molar-refractivity contribution < 1.29 is 0 Å². The molecule has 0 spiro atoms. The average molecular weight is 353 g/mol. The number of hydrogen-bond donors (Lipinski definition) is 1. The van der Waals surface area contributed by atoms with Crippen molar-refractivity contribution in [3.05, 3.63) is 33.7 Å². The van der Waals surface area contributed by atoms with E-state index in [9.17, 15) is 4.79 Å². The lowest BCUT2D eigenvalue weighted by atomic mass is 9.93. The van der Waals surface area contributed by atoms with Crippen LogP contribution in [0, 0.1) is 11.8 Å². The van der Waals surface area contributed by atoms with Crippen molar-refractivity contribution in [2.75, 3.05) is 24.5 Å². The van der Waals surface area contributed by atoms with Crippen LogP contribution >= 0.6 is 15.9 Å². The summed E-state index contributed by atoms with van der Waals surface area (Å²) in [6, 6.07) is 0.484. The molecule has 21 heavy (non-hydrogen) atoms. The summed E-state index contributed by atoms with van der Waals surface area (Å²) in [6.07, 6.45) is 4.58. The maximum Gasteiger partial charge on any atom is 0.283 e. The van der Waals surface area contributed by atoms with E-state index in [1.807, 2.05) is 6.20 Å². The smallest absolute Gasteiger partial charge is 0.283 e. The minimum absolute atomic E-state index is 0.0857. The molecule has 1 aromatic heterocycles. The van der Waals surface area contributed by atoms with Crippen molar-refractivity contribution in [1.82, 2.24) is 15.1 Å². The molecule has 0 saturated carbocycles. The zero-order valence-electron chi connectivity index (χ0n) is 12.3. The summed E-state index contributed by atoms with van der Waals surface area (Å²) in [7, 11) is 0. The second-order valence-electron chi connectivity index (χ2n) is 5.83. The van der Waals surface area contributed by atoms with E-state index in [0.717, 1.165) is 31.7 Å². The minimum Gasteiger partial charge on any atom is -0.366 e. The minimum atomic E-state index is -0.0857. The molecule has 2 aliphatic rings. The van der Waals surface area contributed by atoms with Gasteiger partial charge in [-0.05, 0) is 34.2 Å². The van der Waals surface area contributed by atoms with E-state index in [1.165, 1.54) is 4.68 Å². The molecule has 0 amide bonds. The third-order valence-electron chi connectivity index (χ3n) is 4.71. The van der Waals surface area contributed by atoms with Gasteiger partial charge in [0.05, 0.1) is 18.4 Å². The first-order valence-electron chi connectivity index (χ1n) is 7.51. The molecule has 2 aliphatic heterocycles. The van der Waals surface area contributed by atoms with Crippen LogP contribution in [0.1, 0.15) is 13.3 Å². The van der Waals surface area contributed by atoms with Crippen LogP contribution in [0.25, 0.3) is 0 Å². The average Bonchev–Trinajstić information content (AvgIpc) is 3.04. The Morgan fingerprint density at radius 1 is 1.57 bits per heavy atom. The summed E-state index contributed by atoms with van der Waals surface area (Å²) in [5.74, 6) is 1.36. The number of nitrogens with zero attached hydrogens (tertiary/aromatic N) is 3. The van der Waals surface area contributed by atoms with E-state index < -0.39 is 0 Å². The standard InChI is InChI=1S/C15H21BrN4O/c1-3-5-20-15(21)14(16)13(8-18-20)19-9-10-6-17-7-11(10)12(19)4-2/h3,8,10-12,17H,1,4-7,9H2,2H3. The second-order valence-corrected chi connectivity index (χ2v) is 6.62. The number of allylic oxidation sites excluding steroid dienone is 1. The molecule has 114 valence electrons. The summed E-state index contributed by atoms with van der Waals surface area (Å²) < 4.78 is 2.05. The lowest BCUT2D eigenvalue weighted by Gasteiger charge is -2.29. The first-order valence-corrected chi connectivity index (χ1v) is 8.30. The number of halogens is 1. The van der Waals surface area contributed by atoms with Gasteiger partial charge in [0.1, 0.15) is 4.47 Å². The highest BCUT2D eigenvalue weighted by molar-refractivity contribution is 9.10. The molecule has 6 heteroatoms. The topological polar surface area (TPSA) is 50.2 Å². The molecule has 3 unspecified atom stereocenters. The summed E-state index contributed by atoms with van der Waals surface area (Å²) in [6.45, 7) is 9.48. The van der Waals surface area contributed by atoms with E-state index in [2.05, 4.69) is 44.7 Å². The molecular formula is C15H21BrN4O. The Balaban J connectivity index is 1.95. The molecule has 0 radical (unpaired) electrons. The van der Waals surface area contributed by atoms with Crippen molar-refractivity contribution in [2.24, 2.45) is 11.8 Å². The fraction of sp³-hybridized carbons (Fsp3) is 0.600. The van der Waals surface area contributed by atoms with Gasteiger partial charge in [-0.3, -0.25) is 4.79 Å². The summed E-state index contributed by atoms with van der Waals surface area (Å²) >= 11 is 3.48. The number of rotatable bonds is 4. The largest absolute Gasteiger partial charge is 0.366 e. The van der Waals surface area contributed by atoms with E-state index in [4.69, 9.17) is 0 Å². The van der Waals surface area contributed by atoms with Gasteiger partial charge in [-0.2, -0.15) is 5.10 Å². The Hall–Kier alpha value is -1.14. The Morgan fingerprint density at radius 3 is 3.10 bits per heavy atom. The molecule has 3 rings (SSSR count). The van der Waals surface area contributed by atoms with Crippen molar-refractivity contribution in [3.63, 3.8) is 0 Å². The SMILES string of the molecule is C=CCn1ncc(N2CC3CNCC3C2CC)c(Br)c1=O. The molecule has 0 aliphatic carbocycles. The van der Waals surface area contributed by atoms with Crippen molar-refractivity contribution in [2.45, 2.75) is 25.9 Å².